The van der Waals surface area contributed by atoms with Gasteiger partial charge in [0.25, 0.3) is 5.91 Å². The van der Waals surface area contributed by atoms with Gasteiger partial charge in [-0.2, -0.15) is 5.10 Å². The van der Waals surface area contributed by atoms with Gasteiger partial charge in [-0.25, -0.2) is 18.8 Å². The van der Waals surface area contributed by atoms with Gasteiger partial charge in [-0.1, -0.05) is 29.3 Å². The summed E-state index contributed by atoms with van der Waals surface area (Å²) in [6.45, 7) is 1.26. The molecule has 1 heterocycles. The number of fused-ring (bicyclic) bond motifs is 1. The van der Waals surface area contributed by atoms with Crippen molar-refractivity contribution in [2.45, 2.75) is 6.92 Å². The van der Waals surface area contributed by atoms with E-state index in [1.54, 1.807) is 44.4 Å². The molecule has 0 aliphatic heterocycles. The summed E-state index contributed by atoms with van der Waals surface area (Å²) in [5.41, 5.74) is 4.42. The molecule has 0 radical (unpaired) electrons. The lowest BCUT2D eigenvalue weighted by Crippen LogP contribution is -2.39. The summed E-state index contributed by atoms with van der Waals surface area (Å²) in [5, 5.41) is 5.24. The summed E-state index contributed by atoms with van der Waals surface area (Å²) in [6, 6.07) is 11.9. The summed E-state index contributed by atoms with van der Waals surface area (Å²) >= 11 is 12.2. The molecule has 0 saturated heterocycles. The average molecular weight is 495 g/mol. The van der Waals surface area contributed by atoms with Crippen LogP contribution in [0.4, 0.5) is 5.69 Å². The van der Waals surface area contributed by atoms with E-state index in [-0.39, 0.29) is 5.15 Å². The second-order valence-electron chi connectivity index (χ2n) is 6.92. The van der Waals surface area contributed by atoms with Crippen molar-refractivity contribution < 1.29 is 17.9 Å². The van der Waals surface area contributed by atoms with E-state index in [0.29, 0.717) is 33.1 Å². The van der Waals surface area contributed by atoms with Crippen LogP contribution in [0.15, 0.2) is 47.6 Å². The second kappa shape index (κ2) is 9.72. The average Bonchev–Trinajstić information content (AvgIpc) is 2.73. The Bertz CT molecular complexity index is 1310. The van der Waals surface area contributed by atoms with Crippen molar-refractivity contribution in [2.75, 3.05) is 24.2 Å². The van der Waals surface area contributed by atoms with Gasteiger partial charge in [-0.3, -0.25) is 9.10 Å². The summed E-state index contributed by atoms with van der Waals surface area (Å²) in [7, 11) is -2.19. The molecule has 3 rings (SSSR count). The Morgan fingerprint density at radius 2 is 1.97 bits per heavy atom. The molecule has 1 aromatic heterocycles. The normalized spacial score (nSPS) is 11.7. The molecule has 2 aromatic carbocycles. The van der Waals surface area contributed by atoms with E-state index in [9.17, 15) is 13.2 Å². The van der Waals surface area contributed by atoms with Crippen LogP contribution in [0.5, 0.6) is 5.75 Å². The van der Waals surface area contributed by atoms with Crippen LogP contribution in [-0.2, 0) is 14.8 Å². The Kier molecular flexibility index (Phi) is 7.22. The minimum Gasteiger partial charge on any atom is -0.497 e. The zero-order valence-electron chi connectivity index (χ0n) is 17.5. The van der Waals surface area contributed by atoms with E-state index in [4.69, 9.17) is 27.9 Å². The number of hydrogen-bond donors (Lipinski definition) is 1. The molecule has 0 atom stereocenters. The summed E-state index contributed by atoms with van der Waals surface area (Å²) in [4.78, 5) is 16.7. The monoisotopic (exact) mass is 494 g/mol. The van der Waals surface area contributed by atoms with Crippen LogP contribution in [0.25, 0.3) is 10.9 Å². The van der Waals surface area contributed by atoms with E-state index < -0.39 is 22.5 Å². The minimum absolute atomic E-state index is 0.191. The van der Waals surface area contributed by atoms with Crippen molar-refractivity contribution >= 4 is 61.9 Å². The fourth-order valence-corrected chi connectivity index (χ4v) is 4.20. The molecule has 0 saturated carbocycles. The number of benzene rings is 2. The highest BCUT2D eigenvalue weighted by Crippen LogP contribution is 2.26. The Morgan fingerprint density at radius 1 is 1.22 bits per heavy atom. The topological polar surface area (TPSA) is 101 Å². The van der Waals surface area contributed by atoms with Crippen molar-refractivity contribution in [1.29, 1.82) is 0 Å². The smallest absolute Gasteiger partial charge is 0.260 e. The van der Waals surface area contributed by atoms with Gasteiger partial charge in [-0.15, -0.1) is 0 Å². The molecule has 32 heavy (non-hydrogen) atoms. The third kappa shape index (κ3) is 5.67. The molecule has 0 aliphatic carbocycles. The number of carbonyl (C=O) groups is 1. The molecule has 11 heteroatoms. The summed E-state index contributed by atoms with van der Waals surface area (Å²) in [5.74, 6) is 0.0146. The maximum atomic E-state index is 12.4. The van der Waals surface area contributed by atoms with E-state index in [2.05, 4.69) is 15.5 Å². The highest BCUT2D eigenvalue weighted by atomic mass is 35.5. The van der Waals surface area contributed by atoms with Crippen LogP contribution >= 0.6 is 23.2 Å². The number of rotatable bonds is 7. The molecule has 8 nitrogen and oxygen atoms in total. The van der Waals surface area contributed by atoms with E-state index in [1.165, 1.54) is 12.3 Å². The third-order valence-electron chi connectivity index (χ3n) is 4.53. The number of ether oxygens (including phenoxy) is 1. The maximum Gasteiger partial charge on any atom is 0.260 e. The van der Waals surface area contributed by atoms with Gasteiger partial charge in [-0.05, 0) is 42.8 Å². The molecule has 0 spiro atoms. The van der Waals surface area contributed by atoms with Crippen LogP contribution in [0.2, 0.25) is 10.2 Å². The molecule has 0 aliphatic rings. The predicted octanol–water partition coefficient (Wildman–Crippen LogP) is 3.77. The number of aryl methyl sites for hydroxylation is 1. The first-order valence-corrected chi connectivity index (χ1v) is 11.9. The summed E-state index contributed by atoms with van der Waals surface area (Å²) in [6.07, 6.45) is 2.35. The lowest BCUT2D eigenvalue weighted by Gasteiger charge is -2.23. The minimum atomic E-state index is -3.75. The van der Waals surface area contributed by atoms with E-state index >= 15 is 0 Å². The SMILES string of the molecule is COc1ccc2cc(/C=N\NC(=O)CN(c3cc(Cl)ccc3C)S(C)(=O)=O)c(Cl)nc2c1. The number of nitrogens with one attached hydrogen (secondary N) is 1. The van der Waals surface area contributed by atoms with Gasteiger partial charge in [0.05, 0.1) is 30.8 Å². The molecular formula is C21H20Cl2N4O4S. The van der Waals surface area contributed by atoms with Crippen LogP contribution in [0, 0.1) is 6.92 Å². The summed E-state index contributed by atoms with van der Waals surface area (Å²) < 4.78 is 30.7. The number of nitrogens with zero attached hydrogens (tertiary/aromatic N) is 3. The first kappa shape index (κ1) is 23.8. The molecule has 0 fully saturated rings. The molecule has 1 N–H and O–H groups in total. The zero-order chi connectivity index (χ0) is 23.5. The lowest BCUT2D eigenvalue weighted by molar-refractivity contribution is -0.119. The standard InChI is InChI=1S/C21H20Cl2N4O4S/c1-13-4-6-16(22)9-19(13)27(32(3,29)30)12-20(28)26-24-11-15-8-14-5-7-17(31-2)10-18(14)25-21(15)23/h4-11H,12H2,1-3H3,(H,26,28)/b24-11-. The number of hydrogen-bond acceptors (Lipinski definition) is 6. The maximum absolute atomic E-state index is 12.4. The predicted molar refractivity (Wildman–Crippen MR) is 127 cm³/mol. The second-order valence-corrected chi connectivity index (χ2v) is 9.62. The number of halogens is 2. The fraction of sp³-hybridized carbons (Fsp3) is 0.190. The number of aromatic nitrogens is 1. The largest absolute Gasteiger partial charge is 0.497 e. The van der Waals surface area contributed by atoms with Crippen LogP contribution in [-0.4, -0.2) is 45.4 Å². The lowest BCUT2D eigenvalue weighted by atomic mass is 10.1. The molecule has 1 amide bonds. The number of carbonyl (C=O) groups excluding carboxylic acids is 1. The van der Waals surface area contributed by atoms with E-state index in [0.717, 1.165) is 15.9 Å². The third-order valence-corrected chi connectivity index (χ3v) is 6.19. The number of anilines is 1. The number of hydrazone groups is 1. The van der Waals surface area contributed by atoms with Gasteiger partial charge in [0.1, 0.15) is 17.4 Å². The van der Waals surface area contributed by atoms with Crippen LogP contribution in [0.3, 0.4) is 0 Å². The van der Waals surface area contributed by atoms with Gasteiger partial charge in [0.2, 0.25) is 10.0 Å². The fourth-order valence-electron chi connectivity index (χ4n) is 2.93. The van der Waals surface area contributed by atoms with Crippen molar-refractivity contribution in [3.8, 4) is 5.75 Å². The first-order chi connectivity index (χ1) is 15.1. The molecule has 0 unspecified atom stereocenters. The number of methoxy groups -OCH3 is 1. The highest BCUT2D eigenvalue weighted by Gasteiger charge is 2.22. The van der Waals surface area contributed by atoms with Crippen LogP contribution in [0.1, 0.15) is 11.1 Å². The molecule has 3 aromatic rings. The van der Waals surface area contributed by atoms with E-state index in [1.807, 2.05) is 6.07 Å². The molecule has 0 bridgehead atoms. The number of amides is 1. The number of sulfonamides is 1. The van der Waals surface area contributed by atoms with Gasteiger partial charge < -0.3 is 4.74 Å². The molecule has 168 valence electrons. The Labute approximate surface area is 195 Å². The van der Waals surface area contributed by atoms with Gasteiger partial charge in [0, 0.05) is 22.0 Å². The zero-order valence-corrected chi connectivity index (χ0v) is 19.8. The number of pyridine rings is 1. The van der Waals surface area contributed by atoms with Crippen molar-refractivity contribution in [2.24, 2.45) is 5.10 Å². The van der Waals surface area contributed by atoms with Crippen LogP contribution < -0.4 is 14.5 Å². The quantitative estimate of drug-likeness (QED) is 0.306. The molecular weight excluding hydrogens is 475 g/mol. The first-order valence-electron chi connectivity index (χ1n) is 9.28. The van der Waals surface area contributed by atoms with Gasteiger partial charge in [0.15, 0.2) is 0 Å². The highest BCUT2D eigenvalue weighted by molar-refractivity contribution is 7.92. The Hall–Kier alpha value is -2.88. The van der Waals surface area contributed by atoms with Crippen molar-refractivity contribution in [3.63, 3.8) is 0 Å². The van der Waals surface area contributed by atoms with Crippen molar-refractivity contribution in [3.05, 3.63) is 63.8 Å². The Balaban J connectivity index is 1.76. The van der Waals surface area contributed by atoms with Gasteiger partial charge >= 0.3 is 0 Å². The Morgan fingerprint density at radius 3 is 2.66 bits per heavy atom. The van der Waals surface area contributed by atoms with Crippen molar-refractivity contribution in [1.82, 2.24) is 10.4 Å².